The number of nitrogens with one attached hydrogen (secondary N) is 2. The van der Waals surface area contributed by atoms with Crippen LogP contribution >= 0.6 is 0 Å². The van der Waals surface area contributed by atoms with Crippen molar-refractivity contribution in [2.75, 3.05) is 34.3 Å². The summed E-state index contributed by atoms with van der Waals surface area (Å²) in [5, 5.41) is 6.51. The third kappa shape index (κ3) is 8.53. The molecule has 148 valence electrons. The summed E-state index contributed by atoms with van der Waals surface area (Å²) in [5.41, 5.74) is 1.68. The highest BCUT2D eigenvalue weighted by molar-refractivity contribution is 5.79. The van der Waals surface area contributed by atoms with Crippen molar-refractivity contribution in [2.45, 2.75) is 38.7 Å². The zero-order valence-corrected chi connectivity index (χ0v) is 16.1. The van der Waals surface area contributed by atoms with E-state index in [4.69, 9.17) is 0 Å². The molecule has 2 N–H and O–H groups in total. The quantitative estimate of drug-likeness (QED) is 0.543. The van der Waals surface area contributed by atoms with Crippen molar-refractivity contribution in [3.8, 4) is 0 Å². The Morgan fingerprint density at radius 1 is 1.08 bits per heavy atom. The van der Waals surface area contributed by atoms with Crippen LogP contribution in [0.3, 0.4) is 0 Å². The van der Waals surface area contributed by atoms with Gasteiger partial charge in [0.25, 0.3) is 0 Å². The number of halogens is 3. The molecule has 0 aliphatic carbocycles. The smallest absolute Gasteiger partial charge is 0.367 e. The van der Waals surface area contributed by atoms with Gasteiger partial charge in [0, 0.05) is 25.7 Å². The molecule has 26 heavy (non-hydrogen) atoms. The Labute approximate surface area is 153 Å². The third-order valence-corrected chi connectivity index (χ3v) is 4.14. The van der Waals surface area contributed by atoms with E-state index in [1.807, 2.05) is 26.2 Å². The number of hydrogen-bond donors (Lipinski definition) is 2. The lowest BCUT2D eigenvalue weighted by atomic mass is 10.0. The number of aliphatic imine (C=N–C) groups is 1. The van der Waals surface area contributed by atoms with E-state index in [-0.39, 0.29) is 12.1 Å². The average Bonchev–Trinajstić information content (AvgIpc) is 2.55. The second-order valence-electron chi connectivity index (χ2n) is 6.91. The summed E-state index contributed by atoms with van der Waals surface area (Å²) in [4.78, 5) is 6.33. The molecule has 8 heteroatoms. The van der Waals surface area contributed by atoms with Gasteiger partial charge < -0.3 is 20.3 Å². The first-order valence-corrected chi connectivity index (χ1v) is 8.38. The van der Waals surface area contributed by atoms with Gasteiger partial charge in [-0.25, -0.2) is 0 Å². The first-order valence-electron chi connectivity index (χ1n) is 8.38. The molecule has 0 fully saturated rings. The maximum atomic E-state index is 12.1. The summed E-state index contributed by atoms with van der Waals surface area (Å²) >= 11 is 0. The molecule has 0 aliphatic rings. The first-order chi connectivity index (χ1) is 12.0. The Kier molecular flexibility index (Phi) is 8.36. The van der Waals surface area contributed by atoms with Crippen LogP contribution in [0.15, 0.2) is 29.3 Å². The van der Waals surface area contributed by atoms with E-state index in [0.717, 1.165) is 12.1 Å². The standard InChI is InChI=1S/C18H29F3N4O/c1-17(2,25(4)5)12-24-16(22-3)23-10-14-6-8-15(9-7-14)11-26-13-18(19,20)21/h6-9H,10-13H2,1-5H3,(H2,22,23,24). The fourth-order valence-electron chi connectivity index (χ4n) is 1.90. The molecular formula is C18H29F3N4O. The molecule has 0 atom stereocenters. The molecular weight excluding hydrogens is 345 g/mol. The number of alkyl halides is 3. The molecule has 0 saturated carbocycles. The van der Waals surface area contributed by atoms with E-state index < -0.39 is 12.8 Å². The van der Waals surface area contributed by atoms with E-state index in [2.05, 4.69) is 39.1 Å². The SMILES string of the molecule is CN=C(NCc1ccc(COCC(F)(F)F)cc1)NCC(C)(C)N(C)C. The van der Waals surface area contributed by atoms with Crippen molar-refractivity contribution in [3.05, 3.63) is 35.4 Å². The zero-order chi connectivity index (χ0) is 19.8. The number of benzene rings is 1. The molecule has 0 aromatic heterocycles. The molecule has 1 aromatic carbocycles. The van der Waals surface area contributed by atoms with Crippen molar-refractivity contribution in [1.29, 1.82) is 0 Å². The van der Waals surface area contributed by atoms with Gasteiger partial charge in [0.05, 0.1) is 6.61 Å². The molecule has 0 amide bonds. The van der Waals surface area contributed by atoms with E-state index in [1.54, 1.807) is 19.2 Å². The van der Waals surface area contributed by atoms with Crippen LogP contribution < -0.4 is 10.6 Å². The first kappa shape index (κ1) is 22.2. The predicted octanol–water partition coefficient (Wildman–Crippen LogP) is 2.77. The molecule has 1 rings (SSSR count). The highest BCUT2D eigenvalue weighted by Crippen LogP contribution is 2.15. The van der Waals surface area contributed by atoms with Crippen LogP contribution in [0, 0.1) is 0 Å². The van der Waals surface area contributed by atoms with Crippen molar-refractivity contribution < 1.29 is 17.9 Å². The summed E-state index contributed by atoms with van der Waals surface area (Å²) in [7, 11) is 5.76. The van der Waals surface area contributed by atoms with Crippen molar-refractivity contribution >= 4 is 5.96 Å². The maximum absolute atomic E-state index is 12.1. The Balaban J connectivity index is 2.44. The van der Waals surface area contributed by atoms with Crippen LogP contribution in [-0.4, -0.2) is 56.9 Å². The van der Waals surface area contributed by atoms with Gasteiger partial charge in [0.1, 0.15) is 6.61 Å². The fraction of sp³-hybridized carbons (Fsp3) is 0.611. The summed E-state index contributed by atoms with van der Waals surface area (Å²) in [6, 6.07) is 7.24. The third-order valence-electron chi connectivity index (χ3n) is 4.14. The van der Waals surface area contributed by atoms with Crippen LogP contribution in [0.1, 0.15) is 25.0 Å². The lowest BCUT2D eigenvalue weighted by Crippen LogP contribution is -2.50. The number of nitrogens with zero attached hydrogens (tertiary/aromatic N) is 2. The topological polar surface area (TPSA) is 48.9 Å². The Bertz CT molecular complexity index is 569. The average molecular weight is 374 g/mol. The highest BCUT2D eigenvalue weighted by atomic mass is 19.4. The minimum Gasteiger partial charge on any atom is -0.367 e. The van der Waals surface area contributed by atoms with Crippen LogP contribution in [0.5, 0.6) is 0 Å². The van der Waals surface area contributed by atoms with E-state index in [1.165, 1.54) is 0 Å². The van der Waals surface area contributed by atoms with Gasteiger partial charge in [-0.05, 0) is 39.1 Å². The highest BCUT2D eigenvalue weighted by Gasteiger charge is 2.27. The van der Waals surface area contributed by atoms with Gasteiger partial charge in [0.2, 0.25) is 0 Å². The lowest BCUT2D eigenvalue weighted by molar-refractivity contribution is -0.176. The summed E-state index contributed by atoms with van der Waals surface area (Å²) in [6.07, 6.45) is -4.30. The second-order valence-corrected chi connectivity index (χ2v) is 6.91. The Hall–Kier alpha value is -1.80. The van der Waals surface area contributed by atoms with Gasteiger partial charge in [-0.15, -0.1) is 0 Å². The lowest BCUT2D eigenvalue weighted by Gasteiger charge is -2.33. The molecule has 1 aromatic rings. The molecule has 0 heterocycles. The van der Waals surface area contributed by atoms with Gasteiger partial charge in [0.15, 0.2) is 5.96 Å². The van der Waals surface area contributed by atoms with Crippen molar-refractivity contribution in [3.63, 3.8) is 0 Å². The minimum absolute atomic E-state index is 0.0182. The van der Waals surface area contributed by atoms with Crippen molar-refractivity contribution in [1.82, 2.24) is 15.5 Å². The van der Waals surface area contributed by atoms with Crippen molar-refractivity contribution in [2.24, 2.45) is 4.99 Å². The molecule has 0 unspecified atom stereocenters. The van der Waals surface area contributed by atoms with Crippen LogP contribution in [0.2, 0.25) is 0 Å². The number of guanidine groups is 1. The molecule has 5 nitrogen and oxygen atoms in total. The molecule has 0 aliphatic heterocycles. The fourth-order valence-corrected chi connectivity index (χ4v) is 1.90. The Morgan fingerprint density at radius 3 is 2.15 bits per heavy atom. The van der Waals surface area contributed by atoms with E-state index in [9.17, 15) is 13.2 Å². The minimum atomic E-state index is -4.30. The predicted molar refractivity (Wildman–Crippen MR) is 98.1 cm³/mol. The largest absolute Gasteiger partial charge is 0.411 e. The molecule has 0 bridgehead atoms. The maximum Gasteiger partial charge on any atom is 0.411 e. The number of ether oxygens (including phenoxy) is 1. The summed E-state index contributed by atoms with van der Waals surface area (Å²) < 4.78 is 40.8. The molecule has 0 radical (unpaired) electrons. The van der Waals surface area contributed by atoms with E-state index >= 15 is 0 Å². The van der Waals surface area contributed by atoms with Gasteiger partial charge >= 0.3 is 6.18 Å². The molecule has 0 spiro atoms. The van der Waals surface area contributed by atoms with Gasteiger partial charge in [-0.1, -0.05) is 24.3 Å². The molecule has 0 saturated heterocycles. The van der Waals surface area contributed by atoms with Crippen LogP contribution in [-0.2, 0) is 17.9 Å². The zero-order valence-electron chi connectivity index (χ0n) is 16.1. The summed E-state index contributed by atoms with van der Waals surface area (Å²) in [5.74, 6) is 0.692. The monoisotopic (exact) mass is 374 g/mol. The van der Waals surface area contributed by atoms with Gasteiger partial charge in [-0.2, -0.15) is 13.2 Å². The number of rotatable bonds is 8. The Morgan fingerprint density at radius 2 is 1.65 bits per heavy atom. The van der Waals surface area contributed by atoms with Crippen LogP contribution in [0.4, 0.5) is 13.2 Å². The number of hydrogen-bond acceptors (Lipinski definition) is 3. The number of likely N-dealkylation sites (N-methyl/N-ethyl adjacent to an activating group) is 1. The van der Waals surface area contributed by atoms with Gasteiger partial charge in [-0.3, -0.25) is 4.99 Å². The summed E-state index contributed by atoms with van der Waals surface area (Å²) in [6.45, 7) is 4.26. The second kappa shape index (κ2) is 9.78. The van der Waals surface area contributed by atoms with E-state index in [0.29, 0.717) is 18.1 Å². The normalized spacial score (nSPS) is 13.2. The van der Waals surface area contributed by atoms with Crippen LogP contribution in [0.25, 0.3) is 0 Å².